The molecule has 1 fully saturated rings. The molecule has 2 rings (SSSR count). The number of hydrogen-bond donors (Lipinski definition) is 2. The highest BCUT2D eigenvalue weighted by Gasteiger charge is 2.28. The number of nitrogens with two attached hydrogens (primary N) is 2. The molecule has 1 aliphatic rings. The highest BCUT2D eigenvalue weighted by molar-refractivity contribution is 5.74. The standard InChI is InChI=1S/C8H12N6O/c1-5-8(6-3-15-6)11-2-7(13-5)14(10)4-12-9/h2,4,6H,3,9-10H2,1H3/b12-4-/t6-/m1/s1. The van der Waals surface area contributed by atoms with E-state index in [0.717, 1.165) is 11.4 Å². The van der Waals surface area contributed by atoms with Gasteiger partial charge in [0.2, 0.25) is 0 Å². The number of hydrazine groups is 1. The van der Waals surface area contributed by atoms with Crippen molar-refractivity contribution in [1.82, 2.24) is 9.97 Å². The van der Waals surface area contributed by atoms with Crippen molar-refractivity contribution < 1.29 is 4.74 Å². The van der Waals surface area contributed by atoms with Crippen molar-refractivity contribution in [1.29, 1.82) is 0 Å². The predicted octanol–water partition coefficient (Wildman–Crippen LogP) is -0.562. The van der Waals surface area contributed by atoms with Gasteiger partial charge in [-0.1, -0.05) is 0 Å². The van der Waals surface area contributed by atoms with E-state index in [1.54, 1.807) is 6.20 Å². The van der Waals surface area contributed by atoms with E-state index in [0.29, 0.717) is 12.4 Å². The van der Waals surface area contributed by atoms with E-state index < -0.39 is 0 Å². The van der Waals surface area contributed by atoms with Crippen LogP contribution in [0.3, 0.4) is 0 Å². The molecule has 0 unspecified atom stereocenters. The number of ether oxygens (including phenoxy) is 1. The van der Waals surface area contributed by atoms with Crippen LogP contribution in [0.25, 0.3) is 0 Å². The van der Waals surface area contributed by atoms with Crippen molar-refractivity contribution in [3.63, 3.8) is 0 Å². The van der Waals surface area contributed by atoms with Gasteiger partial charge in [-0.15, -0.1) is 0 Å². The third-order valence-electron chi connectivity index (χ3n) is 2.07. The van der Waals surface area contributed by atoms with Gasteiger partial charge in [0.15, 0.2) is 5.82 Å². The summed E-state index contributed by atoms with van der Waals surface area (Å²) in [4.78, 5) is 8.50. The fourth-order valence-corrected chi connectivity index (χ4v) is 1.26. The SMILES string of the molecule is Cc1nc(N(N)/C=N\N)cnc1[C@H]1CO1. The second-order valence-electron chi connectivity index (χ2n) is 3.19. The fourth-order valence-electron chi connectivity index (χ4n) is 1.26. The summed E-state index contributed by atoms with van der Waals surface area (Å²) in [6.07, 6.45) is 2.92. The molecule has 1 aromatic rings. The van der Waals surface area contributed by atoms with E-state index in [2.05, 4.69) is 15.1 Å². The van der Waals surface area contributed by atoms with Crippen LogP contribution in [0.5, 0.6) is 0 Å². The summed E-state index contributed by atoms with van der Waals surface area (Å²) in [5.41, 5.74) is 1.66. The Labute approximate surface area is 86.7 Å². The van der Waals surface area contributed by atoms with E-state index in [4.69, 9.17) is 16.4 Å². The number of rotatable bonds is 3. The smallest absolute Gasteiger partial charge is 0.167 e. The average molecular weight is 208 g/mol. The number of nitrogens with zero attached hydrogens (tertiary/aromatic N) is 4. The van der Waals surface area contributed by atoms with Crippen LogP contribution in [0.15, 0.2) is 11.3 Å². The van der Waals surface area contributed by atoms with Gasteiger partial charge in [-0.2, -0.15) is 5.10 Å². The topological polar surface area (TPSA) is 106 Å². The van der Waals surface area contributed by atoms with Crippen molar-refractivity contribution >= 4 is 12.2 Å². The molecular weight excluding hydrogens is 196 g/mol. The molecule has 0 aliphatic carbocycles. The summed E-state index contributed by atoms with van der Waals surface area (Å²) in [6.45, 7) is 2.58. The van der Waals surface area contributed by atoms with Crippen molar-refractivity contribution in [3.8, 4) is 0 Å². The molecule has 80 valence electrons. The molecule has 1 aromatic heterocycles. The molecule has 7 heteroatoms. The second kappa shape index (κ2) is 3.79. The molecular formula is C8H12N6O. The lowest BCUT2D eigenvalue weighted by molar-refractivity contribution is 0.410. The monoisotopic (exact) mass is 208 g/mol. The third-order valence-corrected chi connectivity index (χ3v) is 2.07. The lowest BCUT2D eigenvalue weighted by atomic mass is 10.2. The quantitative estimate of drug-likeness (QED) is 0.227. The van der Waals surface area contributed by atoms with Crippen LogP contribution >= 0.6 is 0 Å². The van der Waals surface area contributed by atoms with Crippen LogP contribution in [0.4, 0.5) is 5.82 Å². The number of epoxide rings is 1. The highest BCUT2D eigenvalue weighted by Crippen LogP contribution is 2.29. The van der Waals surface area contributed by atoms with Gasteiger partial charge in [-0.3, -0.25) is 4.98 Å². The number of hydrogen-bond acceptors (Lipinski definition) is 6. The van der Waals surface area contributed by atoms with Crippen LogP contribution in [-0.4, -0.2) is 22.9 Å². The van der Waals surface area contributed by atoms with Crippen molar-refractivity contribution in [2.24, 2.45) is 16.8 Å². The second-order valence-corrected chi connectivity index (χ2v) is 3.19. The number of aromatic nitrogens is 2. The number of hydrazone groups is 1. The largest absolute Gasteiger partial charge is 0.366 e. The van der Waals surface area contributed by atoms with Gasteiger partial charge in [0.25, 0.3) is 0 Å². The Bertz CT molecular complexity index is 389. The van der Waals surface area contributed by atoms with Crippen LogP contribution in [0.2, 0.25) is 0 Å². The molecule has 7 nitrogen and oxygen atoms in total. The summed E-state index contributed by atoms with van der Waals surface area (Å²) in [5, 5.41) is 4.50. The Morgan fingerprint density at radius 3 is 3.00 bits per heavy atom. The van der Waals surface area contributed by atoms with E-state index in [-0.39, 0.29) is 6.10 Å². The van der Waals surface area contributed by atoms with E-state index in [1.807, 2.05) is 6.92 Å². The Balaban J connectivity index is 2.24. The molecule has 4 N–H and O–H groups in total. The van der Waals surface area contributed by atoms with Gasteiger partial charge in [-0.25, -0.2) is 15.8 Å². The van der Waals surface area contributed by atoms with Crippen LogP contribution < -0.4 is 16.7 Å². The Morgan fingerprint density at radius 2 is 2.47 bits per heavy atom. The summed E-state index contributed by atoms with van der Waals surface area (Å²) in [7, 11) is 0. The molecule has 0 aromatic carbocycles. The van der Waals surface area contributed by atoms with Crippen LogP contribution in [-0.2, 0) is 4.74 Å². The first-order chi connectivity index (χ1) is 7.22. The maximum absolute atomic E-state index is 5.59. The first-order valence-corrected chi connectivity index (χ1v) is 4.45. The summed E-state index contributed by atoms with van der Waals surface area (Å²) in [6, 6.07) is 0. The zero-order valence-electron chi connectivity index (χ0n) is 8.29. The minimum atomic E-state index is 0.0981. The predicted molar refractivity (Wildman–Crippen MR) is 54.8 cm³/mol. The molecule has 0 radical (unpaired) electrons. The van der Waals surface area contributed by atoms with Gasteiger partial charge >= 0.3 is 0 Å². The lowest BCUT2D eigenvalue weighted by Gasteiger charge is -2.11. The molecule has 15 heavy (non-hydrogen) atoms. The van der Waals surface area contributed by atoms with Gasteiger partial charge < -0.3 is 10.6 Å². The molecule has 1 aliphatic heterocycles. The van der Waals surface area contributed by atoms with E-state index >= 15 is 0 Å². The van der Waals surface area contributed by atoms with Crippen LogP contribution in [0, 0.1) is 6.92 Å². The Hall–Kier alpha value is -1.73. The van der Waals surface area contributed by atoms with Gasteiger partial charge in [-0.05, 0) is 6.92 Å². The Kier molecular flexibility index (Phi) is 2.48. The van der Waals surface area contributed by atoms with Crippen molar-refractivity contribution in [2.75, 3.05) is 11.6 Å². The summed E-state index contributed by atoms with van der Waals surface area (Å²) in [5.74, 6) is 11.1. The zero-order valence-corrected chi connectivity index (χ0v) is 8.29. The maximum Gasteiger partial charge on any atom is 0.167 e. The fraction of sp³-hybridized carbons (Fsp3) is 0.375. The molecule has 2 heterocycles. The first kappa shape index (κ1) is 9.81. The number of aryl methyl sites for hydroxylation is 1. The minimum Gasteiger partial charge on any atom is -0.366 e. The molecule has 0 amide bonds. The normalized spacial score (nSPS) is 19.5. The van der Waals surface area contributed by atoms with Gasteiger partial charge in [0.05, 0.1) is 24.2 Å². The minimum absolute atomic E-state index is 0.0981. The molecule has 0 saturated carbocycles. The summed E-state index contributed by atoms with van der Waals surface area (Å²) >= 11 is 0. The van der Waals surface area contributed by atoms with Crippen molar-refractivity contribution in [2.45, 2.75) is 13.0 Å². The molecule has 1 saturated heterocycles. The zero-order chi connectivity index (χ0) is 10.8. The van der Waals surface area contributed by atoms with Gasteiger partial charge in [0, 0.05) is 0 Å². The number of anilines is 1. The van der Waals surface area contributed by atoms with E-state index in [1.165, 1.54) is 11.3 Å². The molecule has 1 atom stereocenters. The third kappa shape index (κ3) is 2.03. The highest BCUT2D eigenvalue weighted by atomic mass is 16.6. The van der Waals surface area contributed by atoms with Crippen LogP contribution in [0.1, 0.15) is 17.5 Å². The van der Waals surface area contributed by atoms with E-state index in [9.17, 15) is 0 Å². The van der Waals surface area contributed by atoms with Crippen molar-refractivity contribution in [3.05, 3.63) is 17.6 Å². The lowest BCUT2D eigenvalue weighted by Crippen LogP contribution is -2.30. The van der Waals surface area contributed by atoms with Gasteiger partial charge in [0.1, 0.15) is 12.4 Å². The average Bonchev–Trinajstić information content (AvgIpc) is 3.01. The molecule has 0 spiro atoms. The summed E-state index contributed by atoms with van der Waals surface area (Å²) < 4.78 is 5.13. The Morgan fingerprint density at radius 1 is 1.73 bits per heavy atom. The maximum atomic E-state index is 5.59. The molecule has 0 bridgehead atoms. The first-order valence-electron chi connectivity index (χ1n) is 4.45.